The second kappa shape index (κ2) is 7.24. The number of hydrogen-bond acceptors (Lipinski definition) is 0. The summed E-state index contributed by atoms with van der Waals surface area (Å²) in [5, 5.41) is 0. The summed E-state index contributed by atoms with van der Waals surface area (Å²) in [6.45, 7) is 7.32. The summed E-state index contributed by atoms with van der Waals surface area (Å²) in [5.74, 6) is 6.96. The Hall–Kier alpha value is -2.34. The molecule has 2 aromatic rings. The fourth-order valence-corrected chi connectivity index (χ4v) is 6.87. The van der Waals surface area contributed by atoms with Gasteiger partial charge in [0.15, 0.2) is 0 Å². The second-order valence-electron chi connectivity index (χ2n) is 9.09. The molecule has 142 valence electrons. The maximum absolute atomic E-state index is 3.66. The fourth-order valence-electron chi connectivity index (χ4n) is 6.87. The van der Waals surface area contributed by atoms with E-state index in [2.05, 4.69) is 55.6 Å². The zero-order chi connectivity index (χ0) is 19.1. The van der Waals surface area contributed by atoms with Gasteiger partial charge in [-0.05, 0) is 77.4 Å². The smallest absolute Gasteiger partial charge is 0.0128 e. The quantitative estimate of drug-likeness (QED) is 0.397. The number of fused-ring (bicyclic) bond motifs is 9. The van der Waals surface area contributed by atoms with Crippen LogP contribution >= 0.6 is 0 Å². The highest BCUT2D eigenvalue weighted by Crippen LogP contribution is 2.68. The van der Waals surface area contributed by atoms with Gasteiger partial charge in [0.25, 0.3) is 0 Å². The van der Waals surface area contributed by atoms with Crippen LogP contribution in [0.1, 0.15) is 41.9 Å². The van der Waals surface area contributed by atoms with Gasteiger partial charge >= 0.3 is 0 Å². The van der Waals surface area contributed by atoms with Crippen molar-refractivity contribution in [1.82, 2.24) is 0 Å². The normalized spacial score (nSPS) is 35.9. The van der Waals surface area contributed by atoms with Gasteiger partial charge in [0.1, 0.15) is 0 Å². The van der Waals surface area contributed by atoms with Crippen LogP contribution in [0.15, 0.2) is 79.9 Å². The van der Waals surface area contributed by atoms with Crippen molar-refractivity contribution in [2.45, 2.75) is 25.2 Å². The highest BCUT2D eigenvalue weighted by atomic mass is 14.6. The Labute approximate surface area is 169 Å². The van der Waals surface area contributed by atoms with E-state index in [0.717, 1.165) is 52.6 Å². The summed E-state index contributed by atoms with van der Waals surface area (Å²) in [7, 11) is 0. The molecule has 6 rings (SSSR count). The van der Waals surface area contributed by atoms with Crippen LogP contribution in [0.3, 0.4) is 0 Å². The molecule has 0 nitrogen and oxygen atoms in total. The Morgan fingerprint density at radius 1 is 0.679 bits per heavy atom. The van der Waals surface area contributed by atoms with Gasteiger partial charge in [-0.25, -0.2) is 0 Å². The average molecular weight is 367 g/mol. The number of allylic oxidation sites excluding steroid dienone is 2. The molecule has 0 heteroatoms. The van der Waals surface area contributed by atoms with Crippen LogP contribution in [0.25, 0.3) is 12.2 Å². The van der Waals surface area contributed by atoms with Crippen molar-refractivity contribution < 1.29 is 0 Å². The van der Waals surface area contributed by atoms with Crippen LogP contribution in [0, 0.1) is 35.5 Å². The fraction of sp³-hybridized carbons (Fsp3) is 0.357. The zero-order valence-electron chi connectivity index (χ0n) is 16.6. The van der Waals surface area contributed by atoms with E-state index >= 15 is 0 Å². The summed E-state index contributed by atoms with van der Waals surface area (Å²) >= 11 is 0. The Balaban J connectivity index is 0.000000147. The van der Waals surface area contributed by atoms with E-state index < -0.39 is 0 Å². The molecule has 3 fully saturated rings. The maximum atomic E-state index is 3.66. The summed E-state index contributed by atoms with van der Waals surface area (Å²) in [5.41, 5.74) is 3.91. The highest BCUT2D eigenvalue weighted by molar-refractivity contribution is 5.53. The van der Waals surface area contributed by atoms with Crippen molar-refractivity contribution in [2.24, 2.45) is 35.5 Å². The van der Waals surface area contributed by atoms with Gasteiger partial charge in [0, 0.05) is 0 Å². The first kappa shape index (κ1) is 17.7. The molecule has 0 spiro atoms. The van der Waals surface area contributed by atoms with Crippen molar-refractivity contribution in [3.63, 3.8) is 0 Å². The van der Waals surface area contributed by atoms with Crippen molar-refractivity contribution >= 4 is 12.2 Å². The predicted molar refractivity (Wildman–Crippen MR) is 120 cm³/mol. The van der Waals surface area contributed by atoms with E-state index in [-0.39, 0.29) is 0 Å². The van der Waals surface area contributed by atoms with Crippen LogP contribution in [-0.2, 0) is 0 Å². The Bertz CT molecular complexity index is 845. The third-order valence-electron chi connectivity index (χ3n) is 7.91. The lowest BCUT2D eigenvalue weighted by molar-refractivity contribution is 0.185. The molecule has 0 aromatic heterocycles. The summed E-state index contributed by atoms with van der Waals surface area (Å²) in [4.78, 5) is 0. The first-order valence-corrected chi connectivity index (χ1v) is 10.9. The lowest BCUT2D eigenvalue weighted by Crippen LogP contribution is -2.29. The topological polar surface area (TPSA) is 0 Å². The molecule has 4 aliphatic carbocycles. The average Bonchev–Trinajstić information content (AvgIpc) is 3.54. The Morgan fingerprint density at radius 3 is 1.89 bits per heavy atom. The molecule has 3 saturated carbocycles. The van der Waals surface area contributed by atoms with Crippen LogP contribution in [0.5, 0.6) is 0 Å². The highest BCUT2D eigenvalue weighted by Gasteiger charge is 2.60. The Morgan fingerprint density at radius 2 is 1.29 bits per heavy atom. The summed E-state index contributed by atoms with van der Waals surface area (Å²) in [6.07, 6.45) is 13.2. The van der Waals surface area contributed by atoms with Gasteiger partial charge in [-0.2, -0.15) is 0 Å². The maximum Gasteiger partial charge on any atom is -0.0128 e. The molecule has 28 heavy (non-hydrogen) atoms. The minimum atomic E-state index is 0.880. The zero-order valence-corrected chi connectivity index (χ0v) is 16.6. The minimum Gasteiger partial charge on any atom is -0.0985 e. The van der Waals surface area contributed by atoms with E-state index in [9.17, 15) is 0 Å². The molecule has 0 amide bonds. The predicted octanol–water partition coefficient (Wildman–Crippen LogP) is 7.22. The molecule has 7 atom stereocenters. The minimum absolute atomic E-state index is 0.880. The van der Waals surface area contributed by atoms with Gasteiger partial charge in [-0.1, -0.05) is 92.1 Å². The molecule has 0 heterocycles. The van der Waals surface area contributed by atoms with Gasteiger partial charge in [-0.15, -0.1) is 0 Å². The summed E-state index contributed by atoms with van der Waals surface area (Å²) < 4.78 is 0. The molecular weight excluding hydrogens is 336 g/mol. The van der Waals surface area contributed by atoms with Gasteiger partial charge in [-0.3, -0.25) is 0 Å². The van der Waals surface area contributed by atoms with E-state index in [4.69, 9.17) is 0 Å². The second-order valence-corrected chi connectivity index (χ2v) is 9.09. The van der Waals surface area contributed by atoms with E-state index in [1.807, 2.05) is 36.4 Å². The van der Waals surface area contributed by atoms with E-state index in [0.29, 0.717) is 0 Å². The van der Waals surface area contributed by atoms with Crippen LogP contribution < -0.4 is 0 Å². The molecule has 0 radical (unpaired) electrons. The third-order valence-corrected chi connectivity index (χ3v) is 7.91. The molecule has 0 aliphatic heterocycles. The van der Waals surface area contributed by atoms with Gasteiger partial charge < -0.3 is 0 Å². The van der Waals surface area contributed by atoms with Crippen molar-refractivity contribution in [2.75, 3.05) is 0 Å². The lowest BCUT2D eigenvalue weighted by atomic mass is 9.68. The van der Waals surface area contributed by atoms with Crippen molar-refractivity contribution in [3.8, 4) is 0 Å². The molecular formula is C28H30. The van der Waals surface area contributed by atoms with Crippen molar-refractivity contribution in [3.05, 3.63) is 96.6 Å². The molecule has 0 saturated heterocycles. The van der Waals surface area contributed by atoms with Crippen LogP contribution in [0.2, 0.25) is 0 Å². The van der Waals surface area contributed by atoms with Gasteiger partial charge in [0.05, 0.1) is 0 Å². The van der Waals surface area contributed by atoms with Crippen molar-refractivity contribution in [1.29, 1.82) is 0 Å². The first-order valence-electron chi connectivity index (χ1n) is 10.9. The molecule has 7 unspecified atom stereocenters. The summed E-state index contributed by atoms with van der Waals surface area (Å²) in [6, 6.07) is 19.4. The lowest BCUT2D eigenvalue weighted by Gasteiger charge is -2.37. The number of hydrogen-bond donors (Lipinski definition) is 0. The molecule has 4 aliphatic rings. The third kappa shape index (κ3) is 2.91. The van der Waals surface area contributed by atoms with E-state index in [1.54, 1.807) is 5.56 Å². The SMILES string of the molecule is C1=CC2CC1C1C3CC(c4ccccc4)C(C3)C21.C=Cc1ccc(C=C)cc1. The molecule has 2 aromatic carbocycles. The molecule has 4 bridgehead atoms. The Kier molecular flexibility index (Phi) is 4.59. The largest absolute Gasteiger partial charge is 0.0985 e. The van der Waals surface area contributed by atoms with E-state index in [1.165, 1.54) is 19.3 Å². The number of rotatable bonds is 3. The monoisotopic (exact) mass is 366 g/mol. The van der Waals surface area contributed by atoms with Gasteiger partial charge in [0.2, 0.25) is 0 Å². The van der Waals surface area contributed by atoms with Crippen LogP contribution in [-0.4, -0.2) is 0 Å². The number of benzene rings is 2. The first-order chi connectivity index (χ1) is 13.8. The standard InChI is InChI=1S/C18H20.C10H10/c1-2-4-11(5-3-1)15-9-14-10-16(15)18-13-7-6-12(8-13)17(14)18;1-3-9-5-7-10(4-2)8-6-9/h1-7,12-18H,8-10H2;3-8H,1-2H2. The molecule has 0 N–H and O–H groups in total. The van der Waals surface area contributed by atoms with Crippen LogP contribution in [0.4, 0.5) is 0 Å².